The van der Waals surface area contributed by atoms with Crippen molar-refractivity contribution in [2.45, 2.75) is 47.1 Å². The van der Waals surface area contributed by atoms with Gasteiger partial charge in [0.2, 0.25) is 0 Å². The van der Waals surface area contributed by atoms with E-state index in [4.69, 9.17) is 4.74 Å². The predicted molar refractivity (Wildman–Crippen MR) is 69.8 cm³/mol. The molecule has 2 aromatic heterocycles. The lowest BCUT2D eigenvalue weighted by atomic mass is 9.99. The van der Waals surface area contributed by atoms with Crippen molar-refractivity contribution in [1.82, 2.24) is 19.6 Å². The molecule has 0 aliphatic rings. The summed E-state index contributed by atoms with van der Waals surface area (Å²) in [5, 5.41) is 4.34. The highest BCUT2D eigenvalue weighted by molar-refractivity contribution is 5.66. The normalized spacial score (nSPS) is 11.9. The third kappa shape index (κ3) is 2.30. The first-order chi connectivity index (χ1) is 8.72. The molecule has 0 aliphatic heterocycles. The van der Waals surface area contributed by atoms with E-state index in [1.54, 1.807) is 4.52 Å². The van der Waals surface area contributed by atoms with Crippen molar-refractivity contribution in [2.75, 3.05) is 0 Å². The first kappa shape index (κ1) is 13.5. The zero-order valence-electron chi connectivity index (χ0n) is 12.1. The molecular formula is C13H18N4O2. The number of esters is 1. The van der Waals surface area contributed by atoms with E-state index in [9.17, 15) is 4.79 Å². The van der Waals surface area contributed by atoms with E-state index >= 15 is 0 Å². The van der Waals surface area contributed by atoms with Crippen LogP contribution in [0, 0.1) is 20.8 Å². The van der Waals surface area contributed by atoms with E-state index in [0.29, 0.717) is 11.6 Å². The summed E-state index contributed by atoms with van der Waals surface area (Å²) in [4.78, 5) is 20.0. The van der Waals surface area contributed by atoms with Crippen molar-refractivity contribution in [1.29, 1.82) is 0 Å². The Morgan fingerprint density at radius 3 is 2.42 bits per heavy atom. The molecule has 6 nitrogen and oxygen atoms in total. The topological polar surface area (TPSA) is 69.4 Å². The number of fused-ring (bicyclic) bond motifs is 1. The van der Waals surface area contributed by atoms with Gasteiger partial charge in [0.1, 0.15) is 11.4 Å². The molecule has 0 unspecified atom stereocenters. The fourth-order valence-electron chi connectivity index (χ4n) is 2.30. The number of rotatable bonds is 2. The summed E-state index contributed by atoms with van der Waals surface area (Å²) in [6.45, 7) is 10.7. The molecule has 0 bridgehead atoms. The number of hydrogen-bond donors (Lipinski definition) is 0. The maximum Gasteiger partial charge on any atom is 0.303 e. The van der Waals surface area contributed by atoms with E-state index in [1.807, 2.05) is 34.6 Å². The van der Waals surface area contributed by atoms with Gasteiger partial charge in [-0.25, -0.2) is 4.98 Å². The van der Waals surface area contributed by atoms with Crippen LogP contribution in [0.15, 0.2) is 0 Å². The summed E-state index contributed by atoms with van der Waals surface area (Å²) in [7, 11) is 0. The summed E-state index contributed by atoms with van der Waals surface area (Å²) < 4.78 is 7.08. The molecule has 0 amide bonds. The number of aromatic nitrogens is 4. The van der Waals surface area contributed by atoms with Gasteiger partial charge in [0.15, 0.2) is 0 Å². The molecule has 0 N–H and O–H groups in total. The van der Waals surface area contributed by atoms with Gasteiger partial charge in [-0.1, -0.05) is 0 Å². The summed E-state index contributed by atoms with van der Waals surface area (Å²) in [5.74, 6) is 0.831. The van der Waals surface area contributed by atoms with Gasteiger partial charge < -0.3 is 4.74 Å². The summed E-state index contributed by atoms with van der Waals surface area (Å²) >= 11 is 0. The first-order valence-corrected chi connectivity index (χ1v) is 6.13. The molecule has 2 rings (SSSR count). The standard InChI is InChI=1S/C13H18N4O2/c1-7-8(2)14-12-15-9(3)16-17(12)11(7)13(5,6)19-10(4)18/h1-6H3. The molecule has 102 valence electrons. The number of carbonyl (C=O) groups is 1. The average Bonchev–Trinajstić information content (AvgIpc) is 2.56. The number of aryl methyl sites for hydroxylation is 2. The van der Waals surface area contributed by atoms with Gasteiger partial charge in [-0.3, -0.25) is 4.79 Å². The van der Waals surface area contributed by atoms with Crippen LogP contribution in [0.3, 0.4) is 0 Å². The smallest absolute Gasteiger partial charge is 0.303 e. The fourth-order valence-corrected chi connectivity index (χ4v) is 2.30. The number of ether oxygens (including phenoxy) is 1. The molecule has 0 aromatic carbocycles. The minimum absolute atomic E-state index is 0.330. The fraction of sp³-hybridized carbons (Fsp3) is 0.538. The molecule has 6 heteroatoms. The molecule has 0 fully saturated rings. The summed E-state index contributed by atoms with van der Waals surface area (Å²) in [6.07, 6.45) is 0. The molecular weight excluding hydrogens is 244 g/mol. The average molecular weight is 262 g/mol. The Balaban J connectivity index is 2.76. The largest absolute Gasteiger partial charge is 0.453 e. The number of carbonyl (C=O) groups excluding carboxylic acids is 1. The van der Waals surface area contributed by atoms with Gasteiger partial charge >= 0.3 is 5.97 Å². The Bertz CT molecular complexity index is 658. The lowest BCUT2D eigenvalue weighted by Gasteiger charge is -2.27. The molecule has 0 saturated carbocycles. The van der Waals surface area contributed by atoms with Crippen LogP contribution >= 0.6 is 0 Å². The molecule has 0 atom stereocenters. The van der Waals surface area contributed by atoms with Crippen LogP contribution in [0.1, 0.15) is 43.5 Å². The van der Waals surface area contributed by atoms with E-state index in [0.717, 1.165) is 17.0 Å². The predicted octanol–water partition coefficient (Wildman–Crippen LogP) is 1.85. The minimum Gasteiger partial charge on any atom is -0.453 e. The highest BCUT2D eigenvalue weighted by atomic mass is 16.6. The van der Waals surface area contributed by atoms with Gasteiger partial charge in [-0.15, -0.1) is 5.10 Å². The summed E-state index contributed by atoms with van der Waals surface area (Å²) in [6, 6.07) is 0. The summed E-state index contributed by atoms with van der Waals surface area (Å²) in [5.41, 5.74) is 1.81. The quantitative estimate of drug-likeness (QED) is 0.772. The second-order valence-electron chi connectivity index (χ2n) is 5.15. The molecule has 2 aromatic rings. The number of nitrogens with zero attached hydrogens (tertiary/aromatic N) is 4. The van der Waals surface area contributed by atoms with Gasteiger partial charge in [0.25, 0.3) is 5.78 Å². The Hall–Kier alpha value is -1.98. The third-order valence-corrected chi connectivity index (χ3v) is 3.04. The molecule has 0 radical (unpaired) electrons. The van der Waals surface area contributed by atoms with Gasteiger partial charge in [-0.05, 0) is 40.2 Å². The maximum atomic E-state index is 11.3. The second kappa shape index (κ2) is 4.29. The van der Waals surface area contributed by atoms with Crippen molar-refractivity contribution < 1.29 is 9.53 Å². The highest BCUT2D eigenvalue weighted by Gasteiger charge is 2.31. The van der Waals surface area contributed by atoms with Gasteiger partial charge in [0.05, 0.1) is 5.69 Å². The van der Waals surface area contributed by atoms with Crippen molar-refractivity contribution >= 4 is 11.7 Å². The number of hydrogen-bond acceptors (Lipinski definition) is 5. The van der Waals surface area contributed by atoms with Crippen LogP contribution < -0.4 is 0 Å². The molecule has 0 spiro atoms. The lowest BCUT2D eigenvalue weighted by molar-refractivity contribution is -0.155. The molecule has 0 saturated heterocycles. The second-order valence-corrected chi connectivity index (χ2v) is 5.15. The molecule has 2 heterocycles. The highest BCUT2D eigenvalue weighted by Crippen LogP contribution is 2.29. The van der Waals surface area contributed by atoms with Gasteiger partial charge in [0, 0.05) is 12.6 Å². The minimum atomic E-state index is -0.790. The van der Waals surface area contributed by atoms with E-state index < -0.39 is 5.60 Å². The Kier molecular flexibility index (Phi) is 3.04. The van der Waals surface area contributed by atoms with Crippen LogP contribution in [-0.4, -0.2) is 25.6 Å². The Morgan fingerprint density at radius 2 is 1.84 bits per heavy atom. The van der Waals surface area contributed by atoms with E-state index in [-0.39, 0.29) is 5.97 Å². The zero-order chi connectivity index (χ0) is 14.4. The van der Waals surface area contributed by atoms with Crippen molar-refractivity contribution in [3.05, 3.63) is 22.8 Å². The zero-order valence-corrected chi connectivity index (χ0v) is 12.1. The third-order valence-electron chi connectivity index (χ3n) is 3.04. The van der Waals surface area contributed by atoms with E-state index in [2.05, 4.69) is 15.1 Å². The molecule has 19 heavy (non-hydrogen) atoms. The van der Waals surface area contributed by atoms with Crippen LogP contribution in [-0.2, 0) is 15.1 Å². The van der Waals surface area contributed by atoms with Crippen LogP contribution in [0.25, 0.3) is 5.78 Å². The Labute approximate surface area is 111 Å². The van der Waals surface area contributed by atoms with Crippen LogP contribution in [0.2, 0.25) is 0 Å². The van der Waals surface area contributed by atoms with Crippen LogP contribution in [0.5, 0.6) is 0 Å². The maximum absolute atomic E-state index is 11.3. The monoisotopic (exact) mass is 262 g/mol. The van der Waals surface area contributed by atoms with E-state index in [1.165, 1.54) is 6.92 Å². The van der Waals surface area contributed by atoms with Gasteiger partial charge in [-0.2, -0.15) is 9.50 Å². The van der Waals surface area contributed by atoms with Crippen molar-refractivity contribution in [2.24, 2.45) is 0 Å². The first-order valence-electron chi connectivity index (χ1n) is 6.13. The SMILES string of the molecule is CC(=O)OC(C)(C)c1c(C)c(C)nc2nc(C)nn12. The Morgan fingerprint density at radius 1 is 1.21 bits per heavy atom. The van der Waals surface area contributed by atoms with Crippen molar-refractivity contribution in [3.63, 3.8) is 0 Å². The lowest BCUT2D eigenvalue weighted by Crippen LogP contribution is -2.29. The van der Waals surface area contributed by atoms with Crippen molar-refractivity contribution in [3.8, 4) is 0 Å². The van der Waals surface area contributed by atoms with Crippen LogP contribution in [0.4, 0.5) is 0 Å². The molecule has 0 aliphatic carbocycles.